The van der Waals surface area contributed by atoms with Crippen LogP contribution in [-0.2, 0) is 17.8 Å². The molecule has 1 heterocycles. The van der Waals surface area contributed by atoms with E-state index in [0.29, 0.717) is 12.3 Å². The number of amides is 1. The van der Waals surface area contributed by atoms with Crippen LogP contribution >= 0.6 is 0 Å². The zero-order valence-electron chi connectivity index (χ0n) is 8.56. The summed E-state index contributed by atoms with van der Waals surface area (Å²) in [6.07, 6.45) is 1.65. The lowest BCUT2D eigenvalue weighted by atomic mass is 9.99. The topological polar surface area (TPSA) is 49.8 Å². The molecule has 1 amide bonds. The molecule has 1 aromatic carbocycles. The van der Waals surface area contributed by atoms with E-state index >= 15 is 0 Å². The van der Waals surface area contributed by atoms with Gasteiger partial charge in [-0.05, 0) is 29.7 Å². The van der Waals surface area contributed by atoms with Crippen molar-refractivity contribution in [1.29, 1.82) is 0 Å². The number of hydrogen-bond acceptors (Lipinski definition) is 3. The normalized spacial score (nSPS) is 14.6. The van der Waals surface area contributed by atoms with Crippen molar-refractivity contribution in [2.75, 3.05) is 13.7 Å². The van der Waals surface area contributed by atoms with Crippen molar-refractivity contribution in [3.63, 3.8) is 0 Å². The number of carbonyl (C=O) groups is 1. The number of phenolic OH excluding ortho intramolecular Hbond substituents is 1. The van der Waals surface area contributed by atoms with Gasteiger partial charge in [-0.25, -0.2) is 0 Å². The molecular weight excluding hydrogens is 194 g/mol. The predicted octanol–water partition coefficient (Wildman–Crippen LogP) is 0.915. The van der Waals surface area contributed by atoms with Gasteiger partial charge in [0.25, 0.3) is 0 Å². The molecule has 0 spiro atoms. The second-order valence-corrected chi connectivity index (χ2v) is 3.62. The fraction of sp³-hybridized carbons (Fsp3) is 0.364. The Morgan fingerprint density at radius 1 is 1.47 bits per heavy atom. The number of carbonyl (C=O) groups excluding carboxylic acids is 1. The van der Waals surface area contributed by atoms with Crippen molar-refractivity contribution in [3.8, 4) is 11.5 Å². The number of fused-ring (bicyclic) bond motifs is 1. The van der Waals surface area contributed by atoms with Gasteiger partial charge in [-0.3, -0.25) is 4.79 Å². The Kier molecular flexibility index (Phi) is 2.49. The molecular formula is C11H13NO3. The maximum absolute atomic E-state index is 10.6. The number of methoxy groups -OCH3 is 1. The van der Waals surface area contributed by atoms with Gasteiger partial charge in [0.05, 0.1) is 7.11 Å². The van der Waals surface area contributed by atoms with Crippen LogP contribution in [0.2, 0.25) is 0 Å². The number of hydrogen-bond donors (Lipinski definition) is 1. The monoisotopic (exact) mass is 207 g/mol. The van der Waals surface area contributed by atoms with Crippen LogP contribution in [0.3, 0.4) is 0 Å². The van der Waals surface area contributed by atoms with E-state index < -0.39 is 0 Å². The van der Waals surface area contributed by atoms with E-state index in [4.69, 9.17) is 4.74 Å². The lowest BCUT2D eigenvalue weighted by Crippen LogP contribution is -2.29. The Morgan fingerprint density at radius 3 is 2.93 bits per heavy atom. The number of ether oxygens (including phenoxy) is 1. The van der Waals surface area contributed by atoms with Crippen LogP contribution in [0.1, 0.15) is 11.1 Å². The molecule has 1 aromatic rings. The van der Waals surface area contributed by atoms with Gasteiger partial charge >= 0.3 is 0 Å². The van der Waals surface area contributed by atoms with E-state index in [1.165, 1.54) is 7.11 Å². The van der Waals surface area contributed by atoms with Crippen LogP contribution in [0.5, 0.6) is 11.5 Å². The quantitative estimate of drug-likeness (QED) is 0.733. The maximum atomic E-state index is 10.6. The van der Waals surface area contributed by atoms with Gasteiger partial charge in [0.2, 0.25) is 6.41 Å². The van der Waals surface area contributed by atoms with E-state index in [-0.39, 0.29) is 5.75 Å². The molecule has 0 radical (unpaired) electrons. The fourth-order valence-electron chi connectivity index (χ4n) is 1.85. The summed E-state index contributed by atoms with van der Waals surface area (Å²) >= 11 is 0. The number of benzene rings is 1. The van der Waals surface area contributed by atoms with Crippen LogP contribution < -0.4 is 4.74 Å². The first-order valence-electron chi connectivity index (χ1n) is 4.82. The molecule has 0 atom stereocenters. The third-order valence-electron chi connectivity index (χ3n) is 2.69. The average Bonchev–Trinajstić information content (AvgIpc) is 2.27. The van der Waals surface area contributed by atoms with Crippen molar-refractivity contribution in [2.24, 2.45) is 0 Å². The lowest BCUT2D eigenvalue weighted by molar-refractivity contribution is -0.118. The summed E-state index contributed by atoms with van der Waals surface area (Å²) in [5.74, 6) is 0.623. The van der Waals surface area contributed by atoms with E-state index in [2.05, 4.69) is 0 Å². The first kappa shape index (κ1) is 9.83. The molecule has 4 nitrogen and oxygen atoms in total. The SMILES string of the molecule is COc1cc2c(cc1O)CN(C=O)CC2. The summed E-state index contributed by atoms with van der Waals surface area (Å²) in [6.45, 7) is 1.29. The molecule has 0 saturated carbocycles. The molecule has 15 heavy (non-hydrogen) atoms. The minimum atomic E-state index is 0.129. The Balaban J connectivity index is 2.36. The second kappa shape index (κ2) is 3.81. The van der Waals surface area contributed by atoms with E-state index in [1.54, 1.807) is 11.0 Å². The summed E-state index contributed by atoms with van der Waals surface area (Å²) in [4.78, 5) is 12.3. The van der Waals surface area contributed by atoms with Gasteiger partial charge in [-0.15, -0.1) is 0 Å². The summed E-state index contributed by atoms with van der Waals surface area (Å²) in [7, 11) is 1.53. The summed E-state index contributed by atoms with van der Waals surface area (Å²) in [5, 5.41) is 9.59. The van der Waals surface area contributed by atoms with Crippen molar-refractivity contribution in [1.82, 2.24) is 4.90 Å². The molecule has 2 rings (SSSR count). The van der Waals surface area contributed by atoms with Crippen LogP contribution in [0.4, 0.5) is 0 Å². The third kappa shape index (κ3) is 1.75. The Morgan fingerprint density at radius 2 is 2.27 bits per heavy atom. The van der Waals surface area contributed by atoms with Crippen molar-refractivity contribution in [3.05, 3.63) is 23.3 Å². The minimum absolute atomic E-state index is 0.129. The smallest absolute Gasteiger partial charge is 0.210 e. The molecule has 0 saturated heterocycles. The Hall–Kier alpha value is -1.71. The number of rotatable bonds is 2. The first-order valence-corrected chi connectivity index (χ1v) is 4.82. The fourth-order valence-corrected chi connectivity index (χ4v) is 1.85. The van der Waals surface area contributed by atoms with Crippen LogP contribution in [0.25, 0.3) is 0 Å². The van der Waals surface area contributed by atoms with Gasteiger partial charge in [-0.2, -0.15) is 0 Å². The largest absolute Gasteiger partial charge is 0.504 e. The van der Waals surface area contributed by atoms with Gasteiger partial charge in [0.1, 0.15) is 0 Å². The highest BCUT2D eigenvalue weighted by atomic mass is 16.5. The highest BCUT2D eigenvalue weighted by Gasteiger charge is 2.17. The Labute approximate surface area is 88.1 Å². The average molecular weight is 207 g/mol. The molecule has 1 aliphatic rings. The van der Waals surface area contributed by atoms with E-state index in [1.807, 2.05) is 6.07 Å². The molecule has 0 unspecified atom stereocenters. The maximum Gasteiger partial charge on any atom is 0.210 e. The van der Waals surface area contributed by atoms with Gasteiger partial charge < -0.3 is 14.7 Å². The zero-order valence-corrected chi connectivity index (χ0v) is 8.56. The molecule has 4 heteroatoms. The van der Waals surface area contributed by atoms with Crippen molar-refractivity contribution < 1.29 is 14.6 Å². The molecule has 0 bridgehead atoms. The first-order chi connectivity index (χ1) is 7.24. The highest BCUT2D eigenvalue weighted by Crippen LogP contribution is 2.31. The van der Waals surface area contributed by atoms with Gasteiger partial charge in [0.15, 0.2) is 11.5 Å². The summed E-state index contributed by atoms with van der Waals surface area (Å²) in [6, 6.07) is 3.51. The summed E-state index contributed by atoms with van der Waals surface area (Å²) in [5.41, 5.74) is 2.13. The molecule has 0 aromatic heterocycles. The van der Waals surface area contributed by atoms with Crippen LogP contribution in [0, 0.1) is 0 Å². The van der Waals surface area contributed by atoms with Crippen molar-refractivity contribution >= 4 is 6.41 Å². The minimum Gasteiger partial charge on any atom is -0.504 e. The molecule has 1 N–H and O–H groups in total. The molecule has 0 fully saturated rings. The number of nitrogens with zero attached hydrogens (tertiary/aromatic N) is 1. The second-order valence-electron chi connectivity index (χ2n) is 3.62. The molecule has 0 aliphatic carbocycles. The van der Waals surface area contributed by atoms with Crippen LogP contribution in [0.15, 0.2) is 12.1 Å². The molecule has 80 valence electrons. The van der Waals surface area contributed by atoms with Gasteiger partial charge in [-0.1, -0.05) is 0 Å². The van der Waals surface area contributed by atoms with Crippen LogP contribution in [-0.4, -0.2) is 30.1 Å². The number of phenols is 1. The predicted molar refractivity (Wildman–Crippen MR) is 54.8 cm³/mol. The van der Waals surface area contributed by atoms with E-state index in [9.17, 15) is 9.90 Å². The summed E-state index contributed by atoms with van der Waals surface area (Å²) < 4.78 is 5.03. The standard InChI is InChI=1S/C11H13NO3/c1-15-11-5-8-2-3-12(7-13)6-9(8)4-10(11)14/h4-5,7,14H,2-3,6H2,1H3. The van der Waals surface area contributed by atoms with Gasteiger partial charge in [0, 0.05) is 13.1 Å². The zero-order chi connectivity index (χ0) is 10.8. The third-order valence-corrected chi connectivity index (χ3v) is 2.69. The lowest BCUT2D eigenvalue weighted by Gasteiger charge is -2.25. The molecule has 1 aliphatic heterocycles. The number of aromatic hydroxyl groups is 1. The van der Waals surface area contributed by atoms with E-state index in [0.717, 1.165) is 30.5 Å². The Bertz CT molecular complexity index is 390. The van der Waals surface area contributed by atoms with Crippen molar-refractivity contribution in [2.45, 2.75) is 13.0 Å². The highest BCUT2D eigenvalue weighted by molar-refractivity contribution is 5.52.